The Morgan fingerprint density at radius 3 is 1.83 bits per heavy atom. The van der Waals surface area contributed by atoms with Gasteiger partial charge in [0.25, 0.3) is 0 Å². The molecule has 0 amide bonds. The van der Waals surface area contributed by atoms with Gasteiger partial charge in [0.05, 0.1) is 0 Å². The van der Waals surface area contributed by atoms with Crippen LogP contribution in [0.15, 0.2) is 78.9 Å². The molecule has 3 aromatic rings. The van der Waals surface area contributed by atoms with Crippen molar-refractivity contribution in [1.29, 1.82) is 0 Å². The Balaban J connectivity index is 1.64. The topological polar surface area (TPSA) is 18.5 Å². The zero-order chi connectivity index (χ0) is 15.9. The number of rotatable bonds is 6. The van der Waals surface area contributed by atoms with Gasteiger partial charge in [0.1, 0.15) is 19.0 Å². The van der Waals surface area contributed by atoms with Crippen molar-refractivity contribution in [2.45, 2.75) is 13.2 Å². The molecule has 0 aliphatic carbocycles. The molecular formula is C20H17FO2. The molecule has 0 bridgehead atoms. The fourth-order valence-corrected chi connectivity index (χ4v) is 2.16. The SMILES string of the molecule is Fc1ccc(OCc2ccccc2)cc1OCc1ccccc1. The van der Waals surface area contributed by atoms with Crippen LogP contribution in [0.2, 0.25) is 0 Å². The lowest BCUT2D eigenvalue weighted by atomic mass is 10.2. The molecule has 0 saturated carbocycles. The van der Waals surface area contributed by atoms with Crippen molar-refractivity contribution in [3.63, 3.8) is 0 Å². The van der Waals surface area contributed by atoms with E-state index in [1.165, 1.54) is 6.07 Å². The van der Waals surface area contributed by atoms with Gasteiger partial charge in [0, 0.05) is 6.07 Å². The van der Waals surface area contributed by atoms with Gasteiger partial charge in [-0.15, -0.1) is 0 Å². The second-order valence-electron chi connectivity index (χ2n) is 5.14. The highest BCUT2D eigenvalue weighted by Gasteiger charge is 2.06. The molecule has 3 aromatic carbocycles. The summed E-state index contributed by atoms with van der Waals surface area (Å²) in [7, 11) is 0. The van der Waals surface area contributed by atoms with Crippen molar-refractivity contribution >= 4 is 0 Å². The van der Waals surface area contributed by atoms with Crippen LogP contribution in [-0.2, 0) is 13.2 Å². The number of hydrogen-bond acceptors (Lipinski definition) is 2. The lowest BCUT2D eigenvalue weighted by Gasteiger charge is -2.11. The lowest BCUT2D eigenvalue weighted by molar-refractivity contribution is 0.278. The molecule has 2 nitrogen and oxygen atoms in total. The highest BCUT2D eigenvalue weighted by atomic mass is 19.1. The van der Waals surface area contributed by atoms with Crippen LogP contribution >= 0.6 is 0 Å². The summed E-state index contributed by atoms with van der Waals surface area (Å²) in [4.78, 5) is 0. The lowest BCUT2D eigenvalue weighted by Crippen LogP contribution is -1.99. The van der Waals surface area contributed by atoms with Gasteiger partial charge in [-0.2, -0.15) is 0 Å². The summed E-state index contributed by atoms with van der Waals surface area (Å²) in [6, 6.07) is 24.0. The minimum atomic E-state index is -0.395. The van der Waals surface area contributed by atoms with Crippen molar-refractivity contribution < 1.29 is 13.9 Å². The predicted molar refractivity (Wildman–Crippen MR) is 87.9 cm³/mol. The molecule has 0 atom stereocenters. The molecule has 0 heterocycles. The summed E-state index contributed by atoms with van der Waals surface area (Å²) >= 11 is 0. The maximum atomic E-state index is 13.9. The van der Waals surface area contributed by atoms with Crippen LogP contribution in [0.3, 0.4) is 0 Å². The molecule has 0 aliphatic heterocycles. The zero-order valence-corrected chi connectivity index (χ0v) is 12.6. The third kappa shape index (κ3) is 4.33. The normalized spacial score (nSPS) is 10.3. The van der Waals surface area contributed by atoms with Gasteiger partial charge >= 0.3 is 0 Å². The molecule has 3 heteroatoms. The van der Waals surface area contributed by atoms with Crippen LogP contribution in [0.5, 0.6) is 11.5 Å². The highest BCUT2D eigenvalue weighted by molar-refractivity contribution is 5.35. The Labute approximate surface area is 135 Å². The van der Waals surface area contributed by atoms with Gasteiger partial charge in [-0.25, -0.2) is 4.39 Å². The van der Waals surface area contributed by atoms with Crippen molar-refractivity contribution in [2.24, 2.45) is 0 Å². The van der Waals surface area contributed by atoms with E-state index in [0.717, 1.165) is 11.1 Å². The number of ether oxygens (including phenoxy) is 2. The molecule has 0 aliphatic rings. The van der Waals surface area contributed by atoms with Crippen molar-refractivity contribution in [1.82, 2.24) is 0 Å². The maximum Gasteiger partial charge on any atom is 0.165 e. The largest absolute Gasteiger partial charge is 0.489 e. The molecule has 0 N–H and O–H groups in total. The summed E-state index contributed by atoms with van der Waals surface area (Å²) in [6.45, 7) is 0.754. The van der Waals surface area contributed by atoms with Crippen molar-refractivity contribution in [3.8, 4) is 11.5 Å². The first-order valence-corrected chi connectivity index (χ1v) is 7.44. The molecule has 0 saturated heterocycles. The molecule has 23 heavy (non-hydrogen) atoms. The van der Waals surface area contributed by atoms with Gasteiger partial charge in [-0.1, -0.05) is 60.7 Å². The predicted octanol–water partition coefficient (Wildman–Crippen LogP) is 4.98. The minimum Gasteiger partial charge on any atom is -0.489 e. The van der Waals surface area contributed by atoms with Crippen molar-refractivity contribution in [3.05, 3.63) is 95.8 Å². The molecule has 0 radical (unpaired) electrons. The van der Waals surface area contributed by atoms with Gasteiger partial charge in [0.15, 0.2) is 11.6 Å². The van der Waals surface area contributed by atoms with Gasteiger partial charge < -0.3 is 9.47 Å². The molecule has 0 aromatic heterocycles. The second-order valence-corrected chi connectivity index (χ2v) is 5.14. The maximum absolute atomic E-state index is 13.9. The summed E-state index contributed by atoms with van der Waals surface area (Å²) in [5.41, 5.74) is 2.05. The summed E-state index contributed by atoms with van der Waals surface area (Å²) in [5, 5.41) is 0. The summed E-state index contributed by atoms with van der Waals surface area (Å²) in [6.07, 6.45) is 0. The van der Waals surface area contributed by atoms with E-state index < -0.39 is 5.82 Å². The summed E-state index contributed by atoms with van der Waals surface area (Å²) in [5.74, 6) is 0.380. The smallest absolute Gasteiger partial charge is 0.165 e. The quantitative estimate of drug-likeness (QED) is 0.639. The van der Waals surface area contributed by atoms with Crippen LogP contribution in [0.25, 0.3) is 0 Å². The van der Waals surface area contributed by atoms with Gasteiger partial charge in [-0.3, -0.25) is 0 Å². The number of halogens is 1. The Kier molecular flexibility index (Phi) is 4.89. The van der Waals surface area contributed by atoms with Gasteiger partial charge in [-0.05, 0) is 23.3 Å². The average molecular weight is 308 g/mol. The standard InChI is InChI=1S/C20H17FO2/c21-19-12-11-18(22-14-16-7-3-1-4-8-16)13-20(19)23-15-17-9-5-2-6-10-17/h1-13H,14-15H2. The monoisotopic (exact) mass is 308 g/mol. The van der Waals surface area contributed by atoms with E-state index in [4.69, 9.17) is 9.47 Å². The minimum absolute atomic E-state index is 0.194. The first kappa shape index (κ1) is 15.1. The van der Waals surface area contributed by atoms with E-state index in [0.29, 0.717) is 19.0 Å². The van der Waals surface area contributed by atoms with Crippen molar-refractivity contribution in [2.75, 3.05) is 0 Å². The Morgan fingerprint density at radius 1 is 0.652 bits per heavy atom. The highest BCUT2D eigenvalue weighted by Crippen LogP contribution is 2.25. The fourth-order valence-electron chi connectivity index (χ4n) is 2.16. The van der Waals surface area contributed by atoms with Crippen LogP contribution in [0, 0.1) is 5.82 Å². The van der Waals surface area contributed by atoms with Crippen LogP contribution < -0.4 is 9.47 Å². The second kappa shape index (κ2) is 7.45. The van der Waals surface area contributed by atoms with E-state index in [9.17, 15) is 4.39 Å². The summed E-state index contributed by atoms with van der Waals surface area (Å²) < 4.78 is 25.1. The molecular weight excluding hydrogens is 291 g/mol. The van der Waals surface area contributed by atoms with E-state index in [2.05, 4.69) is 0 Å². The van der Waals surface area contributed by atoms with E-state index in [-0.39, 0.29) is 5.75 Å². The first-order chi connectivity index (χ1) is 11.3. The third-order valence-electron chi connectivity index (χ3n) is 3.39. The molecule has 3 rings (SSSR count). The Morgan fingerprint density at radius 2 is 1.22 bits per heavy atom. The number of benzene rings is 3. The zero-order valence-electron chi connectivity index (χ0n) is 12.6. The third-order valence-corrected chi connectivity index (χ3v) is 3.39. The van der Waals surface area contributed by atoms with Crippen LogP contribution in [-0.4, -0.2) is 0 Å². The van der Waals surface area contributed by atoms with Crippen LogP contribution in [0.4, 0.5) is 4.39 Å². The Bertz CT molecular complexity index is 742. The first-order valence-electron chi connectivity index (χ1n) is 7.44. The molecule has 116 valence electrons. The van der Waals surface area contributed by atoms with Gasteiger partial charge in [0.2, 0.25) is 0 Å². The number of hydrogen-bond donors (Lipinski definition) is 0. The average Bonchev–Trinajstić information content (AvgIpc) is 2.62. The molecule has 0 fully saturated rings. The van der Waals surface area contributed by atoms with E-state index in [1.807, 2.05) is 60.7 Å². The Hall–Kier alpha value is -2.81. The fraction of sp³-hybridized carbons (Fsp3) is 0.100. The van der Waals surface area contributed by atoms with E-state index >= 15 is 0 Å². The van der Waals surface area contributed by atoms with E-state index in [1.54, 1.807) is 12.1 Å². The van der Waals surface area contributed by atoms with Crippen LogP contribution in [0.1, 0.15) is 11.1 Å². The molecule has 0 unspecified atom stereocenters. The molecule has 0 spiro atoms.